The molecule has 0 spiro atoms. The summed E-state index contributed by atoms with van der Waals surface area (Å²) in [5, 5.41) is 13.8. The zero-order chi connectivity index (χ0) is 18.6. The number of hydrogen-bond donors (Lipinski definition) is 1. The molecule has 1 amide bonds. The van der Waals surface area contributed by atoms with E-state index in [1.165, 1.54) is 13.2 Å². The van der Waals surface area contributed by atoms with Gasteiger partial charge in [0.15, 0.2) is 5.75 Å². The number of rotatable bonds is 6. The molecule has 1 aromatic rings. The van der Waals surface area contributed by atoms with E-state index in [1.807, 2.05) is 20.8 Å². The molecule has 1 aromatic carbocycles. The number of nitro groups is 1. The van der Waals surface area contributed by atoms with Gasteiger partial charge in [-0.3, -0.25) is 10.1 Å². The van der Waals surface area contributed by atoms with Crippen LogP contribution in [0.1, 0.15) is 39.2 Å². The van der Waals surface area contributed by atoms with Crippen molar-refractivity contribution in [3.63, 3.8) is 0 Å². The fourth-order valence-corrected chi connectivity index (χ4v) is 2.42. The predicted octanol–water partition coefficient (Wildman–Crippen LogP) is 3.18. The van der Waals surface area contributed by atoms with Crippen molar-refractivity contribution in [1.82, 2.24) is 5.32 Å². The van der Waals surface area contributed by atoms with Crippen LogP contribution < -0.4 is 10.1 Å². The Hall–Kier alpha value is -2.35. The molecule has 0 radical (unpaired) electrons. The third kappa shape index (κ3) is 5.60. The van der Waals surface area contributed by atoms with E-state index in [-0.39, 0.29) is 35.8 Å². The summed E-state index contributed by atoms with van der Waals surface area (Å²) in [5.41, 5.74) is 0.277. The van der Waals surface area contributed by atoms with Gasteiger partial charge in [-0.05, 0) is 32.4 Å². The molecule has 8 heteroatoms. The summed E-state index contributed by atoms with van der Waals surface area (Å²) in [5.74, 6) is 0.218. The third-order valence-electron chi connectivity index (χ3n) is 3.73. The van der Waals surface area contributed by atoms with Gasteiger partial charge in [-0.15, -0.1) is 0 Å². The Labute approximate surface area is 146 Å². The van der Waals surface area contributed by atoms with Crippen molar-refractivity contribution >= 4 is 11.8 Å². The Balaban J connectivity index is 1.76. The number of nitrogens with zero attached hydrogens (tertiary/aromatic N) is 1. The van der Waals surface area contributed by atoms with Crippen LogP contribution in [-0.4, -0.2) is 35.9 Å². The van der Waals surface area contributed by atoms with Crippen LogP contribution in [0.5, 0.6) is 5.75 Å². The highest BCUT2D eigenvalue weighted by Gasteiger charge is 2.33. The Kier molecular flexibility index (Phi) is 5.84. The molecule has 1 aliphatic rings. The zero-order valence-corrected chi connectivity index (χ0v) is 14.9. The van der Waals surface area contributed by atoms with Gasteiger partial charge in [0.25, 0.3) is 0 Å². The normalized spacial score (nSPS) is 19.7. The first-order chi connectivity index (χ1) is 11.7. The average Bonchev–Trinajstić information content (AvgIpc) is 2.47. The Bertz CT molecular complexity index is 635. The van der Waals surface area contributed by atoms with Crippen molar-refractivity contribution in [3.8, 4) is 5.75 Å². The minimum atomic E-state index is -0.483. The topological polar surface area (TPSA) is 99.9 Å². The van der Waals surface area contributed by atoms with Crippen LogP contribution in [0, 0.1) is 10.1 Å². The van der Waals surface area contributed by atoms with E-state index in [9.17, 15) is 14.9 Å². The second-order valence-electron chi connectivity index (χ2n) is 7.07. The quantitative estimate of drug-likeness (QED) is 0.623. The molecule has 1 fully saturated rings. The lowest BCUT2D eigenvalue weighted by atomic mass is 9.92. The molecule has 25 heavy (non-hydrogen) atoms. The highest BCUT2D eigenvalue weighted by molar-refractivity contribution is 5.68. The SMILES string of the molecule is COc1ccc(COC2CC(OC(=O)NC(C)(C)C)C2)cc1[N+](=O)[O-]. The van der Waals surface area contributed by atoms with Crippen LogP contribution in [0.3, 0.4) is 0 Å². The van der Waals surface area contributed by atoms with Crippen LogP contribution >= 0.6 is 0 Å². The van der Waals surface area contributed by atoms with E-state index < -0.39 is 11.0 Å². The summed E-state index contributed by atoms with van der Waals surface area (Å²) in [6, 6.07) is 4.73. The maximum absolute atomic E-state index is 11.7. The molecule has 8 nitrogen and oxygen atoms in total. The molecule has 1 saturated carbocycles. The molecule has 0 saturated heterocycles. The Morgan fingerprint density at radius 1 is 1.32 bits per heavy atom. The number of carbonyl (C=O) groups is 1. The highest BCUT2D eigenvalue weighted by atomic mass is 16.6. The summed E-state index contributed by atoms with van der Waals surface area (Å²) in [4.78, 5) is 22.2. The maximum atomic E-state index is 11.7. The van der Waals surface area contributed by atoms with Crippen LogP contribution in [0.4, 0.5) is 10.5 Å². The molecule has 1 aliphatic carbocycles. The molecular weight excluding hydrogens is 328 g/mol. The number of benzene rings is 1. The second-order valence-corrected chi connectivity index (χ2v) is 7.07. The van der Waals surface area contributed by atoms with Gasteiger partial charge in [0.05, 0.1) is 24.7 Å². The minimum Gasteiger partial charge on any atom is -0.490 e. The number of alkyl carbamates (subject to hydrolysis) is 1. The number of amides is 1. The van der Waals surface area contributed by atoms with Crippen molar-refractivity contribution in [2.24, 2.45) is 0 Å². The molecule has 0 aromatic heterocycles. The van der Waals surface area contributed by atoms with Gasteiger partial charge in [-0.25, -0.2) is 4.79 Å². The number of carbonyl (C=O) groups excluding carboxylic acids is 1. The standard InChI is InChI=1S/C17H24N2O6/c1-17(2,3)18-16(20)25-13-8-12(9-13)24-10-11-5-6-15(23-4)14(7-11)19(21)22/h5-7,12-13H,8-10H2,1-4H3,(H,18,20). The van der Waals surface area contributed by atoms with Gasteiger partial charge in [0.1, 0.15) is 6.10 Å². The summed E-state index contributed by atoms with van der Waals surface area (Å²) >= 11 is 0. The van der Waals surface area contributed by atoms with E-state index in [1.54, 1.807) is 12.1 Å². The smallest absolute Gasteiger partial charge is 0.407 e. The molecule has 0 heterocycles. The first kappa shape index (κ1) is 19.0. The number of methoxy groups -OCH3 is 1. The zero-order valence-electron chi connectivity index (χ0n) is 14.9. The third-order valence-corrected chi connectivity index (χ3v) is 3.73. The van der Waals surface area contributed by atoms with Gasteiger partial charge < -0.3 is 19.5 Å². The molecule has 0 atom stereocenters. The monoisotopic (exact) mass is 352 g/mol. The molecule has 0 unspecified atom stereocenters. The van der Waals surface area contributed by atoms with E-state index >= 15 is 0 Å². The molecule has 0 bridgehead atoms. The summed E-state index contributed by atoms with van der Waals surface area (Å²) in [7, 11) is 1.39. The molecule has 2 rings (SSSR count). The van der Waals surface area contributed by atoms with Crippen molar-refractivity contribution < 1.29 is 23.9 Å². The first-order valence-electron chi connectivity index (χ1n) is 8.09. The van der Waals surface area contributed by atoms with Crippen LogP contribution in [0.2, 0.25) is 0 Å². The van der Waals surface area contributed by atoms with Gasteiger partial charge in [0.2, 0.25) is 0 Å². The number of ether oxygens (including phenoxy) is 3. The first-order valence-corrected chi connectivity index (χ1v) is 8.09. The number of nitro benzene ring substituents is 1. The van der Waals surface area contributed by atoms with Crippen LogP contribution in [-0.2, 0) is 16.1 Å². The largest absolute Gasteiger partial charge is 0.490 e. The summed E-state index contributed by atoms with van der Waals surface area (Å²) < 4.78 is 16.0. The van der Waals surface area contributed by atoms with Crippen molar-refractivity contribution in [1.29, 1.82) is 0 Å². The summed E-state index contributed by atoms with van der Waals surface area (Å²) in [6.45, 7) is 5.91. The fraction of sp³-hybridized carbons (Fsp3) is 0.588. The van der Waals surface area contributed by atoms with Crippen LogP contribution in [0.25, 0.3) is 0 Å². The Morgan fingerprint density at radius 2 is 2.00 bits per heavy atom. The van der Waals surface area contributed by atoms with E-state index in [4.69, 9.17) is 14.2 Å². The lowest BCUT2D eigenvalue weighted by molar-refractivity contribution is -0.385. The molecule has 1 N–H and O–H groups in total. The average molecular weight is 352 g/mol. The van der Waals surface area contributed by atoms with Gasteiger partial charge >= 0.3 is 11.8 Å². The van der Waals surface area contributed by atoms with Crippen molar-refractivity contribution in [3.05, 3.63) is 33.9 Å². The predicted molar refractivity (Wildman–Crippen MR) is 90.6 cm³/mol. The van der Waals surface area contributed by atoms with Gasteiger partial charge in [0, 0.05) is 24.4 Å². The maximum Gasteiger partial charge on any atom is 0.407 e. The van der Waals surface area contributed by atoms with Crippen molar-refractivity contribution in [2.45, 2.75) is 58.0 Å². The molecular formula is C17H24N2O6. The van der Waals surface area contributed by atoms with E-state index in [0.717, 1.165) is 0 Å². The van der Waals surface area contributed by atoms with Gasteiger partial charge in [-0.1, -0.05) is 6.07 Å². The minimum absolute atomic E-state index is 0.0198. The number of hydrogen-bond acceptors (Lipinski definition) is 6. The van der Waals surface area contributed by atoms with E-state index in [2.05, 4.69) is 5.32 Å². The molecule has 138 valence electrons. The lowest BCUT2D eigenvalue weighted by Crippen LogP contribution is -2.46. The number of nitrogens with one attached hydrogen (secondary N) is 1. The van der Waals surface area contributed by atoms with Gasteiger partial charge in [-0.2, -0.15) is 0 Å². The fourth-order valence-electron chi connectivity index (χ4n) is 2.42. The van der Waals surface area contributed by atoms with E-state index in [0.29, 0.717) is 18.4 Å². The highest BCUT2D eigenvalue weighted by Crippen LogP contribution is 2.30. The second kappa shape index (κ2) is 7.69. The lowest BCUT2D eigenvalue weighted by Gasteiger charge is -2.35. The summed E-state index contributed by atoms with van der Waals surface area (Å²) in [6.07, 6.45) is 0.638. The van der Waals surface area contributed by atoms with Crippen molar-refractivity contribution in [2.75, 3.05) is 7.11 Å². The Morgan fingerprint density at radius 3 is 2.56 bits per heavy atom. The van der Waals surface area contributed by atoms with Crippen LogP contribution in [0.15, 0.2) is 18.2 Å². The molecule has 0 aliphatic heterocycles.